The maximum absolute atomic E-state index is 12.1. The number of aryl methyl sites for hydroxylation is 2. The predicted octanol–water partition coefficient (Wildman–Crippen LogP) is 2.79. The largest absolute Gasteiger partial charge is 0.350 e. The van der Waals surface area contributed by atoms with Crippen molar-refractivity contribution in [1.29, 1.82) is 0 Å². The highest BCUT2D eigenvalue weighted by molar-refractivity contribution is 7.13. The molecule has 1 aliphatic rings. The number of nitrogens with one attached hydrogen (secondary N) is 1. The first-order chi connectivity index (χ1) is 10.6. The molecule has 118 valence electrons. The SMILES string of the molecule is Cc1nc(C(=O)NCCc2csc(N3CCCC3)n2)c(C)s1. The van der Waals surface area contributed by atoms with E-state index < -0.39 is 0 Å². The van der Waals surface area contributed by atoms with Gasteiger partial charge in [-0.15, -0.1) is 22.7 Å². The fourth-order valence-corrected chi connectivity index (χ4v) is 4.32. The zero-order chi connectivity index (χ0) is 15.5. The van der Waals surface area contributed by atoms with E-state index in [9.17, 15) is 4.79 Å². The summed E-state index contributed by atoms with van der Waals surface area (Å²) in [5.74, 6) is -0.0863. The summed E-state index contributed by atoms with van der Waals surface area (Å²) in [6.07, 6.45) is 3.28. The van der Waals surface area contributed by atoms with E-state index in [2.05, 4.69) is 25.6 Å². The maximum atomic E-state index is 12.1. The molecule has 2 aromatic rings. The van der Waals surface area contributed by atoms with E-state index in [0.29, 0.717) is 12.2 Å². The Morgan fingerprint density at radius 3 is 2.77 bits per heavy atom. The third-order valence-electron chi connectivity index (χ3n) is 3.70. The lowest BCUT2D eigenvalue weighted by atomic mass is 10.3. The fourth-order valence-electron chi connectivity index (χ4n) is 2.59. The number of aromatic nitrogens is 2. The Morgan fingerprint density at radius 2 is 2.09 bits per heavy atom. The minimum absolute atomic E-state index is 0.0863. The average Bonchev–Trinajstić information content (AvgIpc) is 3.19. The minimum Gasteiger partial charge on any atom is -0.350 e. The highest BCUT2D eigenvalue weighted by Gasteiger charge is 2.16. The van der Waals surface area contributed by atoms with Crippen LogP contribution in [0.5, 0.6) is 0 Å². The number of nitrogens with zero attached hydrogens (tertiary/aromatic N) is 3. The van der Waals surface area contributed by atoms with Gasteiger partial charge >= 0.3 is 0 Å². The molecule has 0 radical (unpaired) electrons. The van der Waals surface area contributed by atoms with Crippen LogP contribution in [-0.2, 0) is 6.42 Å². The van der Waals surface area contributed by atoms with Crippen molar-refractivity contribution >= 4 is 33.7 Å². The number of hydrogen-bond donors (Lipinski definition) is 1. The molecule has 3 rings (SSSR count). The Morgan fingerprint density at radius 1 is 1.32 bits per heavy atom. The van der Waals surface area contributed by atoms with Crippen molar-refractivity contribution in [3.05, 3.63) is 26.7 Å². The summed E-state index contributed by atoms with van der Waals surface area (Å²) < 4.78 is 0. The Hall–Kier alpha value is -1.47. The van der Waals surface area contributed by atoms with Crippen LogP contribution < -0.4 is 10.2 Å². The predicted molar refractivity (Wildman–Crippen MR) is 91.2 cm³/mol. The van der Waals surface area contributed by atoms with Gasteiger partial charge in [0.1, 0.15) is 5.69 Å². The molecule has 1 amide bonds. The van der Waals surface area contributed by atoms with Gasteiger partial charge in [0, 0.05) is 36.3 Å². The van der Waals surface area contributed by atoms with E-state index in [1.54, 1.807) is 22.7 Å². The summed E-state index contributed by atoms with van der Waals surface area (Å²) in [6, 6.07) is 0. The molecule has 0 aliphatic carbocycles. The molecular weight excluding hydrogens is 316 g/mol. The van der Waals surface area contributed by atoms with E-state index >= 15 is 0 Å². The van der Waals surface area contributed by atoms with Crippen LogP contribution in [0.3, 0.4) is 0 Å². The van der Waals surface area contributed by atoms with Crippen LogP contribution in [0.25, 0.3) is 0 Å². The van der Waals surface area contributed by atoms with Gasteiger partial charge in [-0.05, 0) is 26.7 Å². The lowest BCUT2D eigenvalue weighted by Gasteiger charge is -2.12. The van der Waals surface area contributed by atoms with Crippen molar-refractivity contribution < 1.29 is 4.79 Å². The minimum atomic E-state index is -0.0863. The molecular formula is C15H20N4OS2. The highest BCUT2D eigenvalue weighted by atomic mass is 32.1. The number of carbonyl (C=O) groups excluding carboxylic acids is 1. The molecule has 0 aromatic carbocycles. The molecule has 22 heavy (non-hydrogen) atoms. The first-order valence-corrected chi connectivity index (χ1v) is 9.24. The summed E-state index contributed by atoms with van der Waals surface area (Å²) in [7, 11) is 0. The molecule has 1 N–H and O–H groups in total. The molecule has 1 fully saturated rings. The van der Waals surface area contributed by atoms with Gasteiger partial charge in [-0.25, -0.2) is 9.97 Å². The molecule has 2 aromatic heterocycles. The number of amides is 1. The second-order valence-electron chi connectivity index (χ2n) is 5.46. The van der Waals surface area contributed by atoms with Gasteiger partial charge in [0.25, 0.3) is 5.91 Å². The summed E-state index contributed by atoms with van der Waals surface area (Å²) in [5, 5.41) is 7.08. The van der Waals surface area contributed by atoms with E-state index in [1.165, 1.54) is 12.8 Å². The molecule has 1 aliphatic heterocycles. The van der Waals surface area contributed by atoms with Crippen molar-refractivity contribution in [2.75, 3.05) is 24.5 Å². The summed E-state index contributed by atoms with van der Waals surface area (Å²) >= 11 is 3.26. The lowest BCUT2D eigenvalue weighted by Crippen LogP contribution is -2.26. The van der Waals surface area contributed by atoms with Gasteiger partial charge in [0.15, 0.2) is 5.13 Å². The van der Waals surface area contributed by atoms with Crippen LogP contribution >= 0.6 is 22.7 Å². The van der Waals surface area contributed by atoms with Crippen molar-refractivity contribution in [2.45, 2.75) is 33.1 Å². The molecule has 0 atom stereocenters. The molecule has 3 heterocycles. The number of thiazole rings is 2. The van der Waals surface area contributed by atoms with E-state index in [-0.39, 0.29) is 5.91 Å². The Labute approximate surface area is 138 Å². The van der Waals surface area contributed by atoms with Crippen molar-refractivity contribution in [1.82, 2.24) is 15.3 Å². The standard InChI is InChI=1S/C15H20N4OS2/c1-10-13(17-11(2)22-10)14(20)16-6-5-12-9-21-15(18-12)19-7-3-4-8-19/h9H,3-8H2,1-2H3,(H,16,20). The Kier molecular flexibility index (Phi) is 4.73. The summed E-state index contributed by atoms with van der Waals surface area (Å²) in [5.41, 5.74) is 1.61. The van der Waals surface area contributed by atoms with E-state index in [4.69, 9.17) is 0 Å². The molecule has 0 unspecified atom stereocenters. The van der Waals surface area contributed by atoms with Crippen molar-refractivity contribution in [2.24, 2.45) is 0 Å². The molecule has 1 saturated heterocycles. The monoisotopic (exact) mass is 336 g/mol. The van der Waals surface area contributed by atoms with Gasteiger partial charge in [-0.3, -0.25) is 4.79 Å². The van der Waals surface area contributed by atoms with E-state index in [1.807, 2.05) is 13.8 Å². The summed E-state index contributed by atoms with van der Waals surface area (Å²) in [4.78, 5) is 24.3. The zero-order valence-corrected chi connectivity index (χ0v) is 14.5. The van der Waals surface area contributed by atoms with Crippen molar-refractivity contribution in [3.8, 4) is 0 Å². The van der Waals surface area contributed by atoms with Gasteiger partial charge in [-0.2, -0.15) is 0 Å². The van der Waals surface area contributed by atoms with Crippen LogP contribution in [-0.4, -0.2) is 35.5 Å². The maximum Gasteiger partial charge on any atom is 0.271 e. The van der Waals surface area contributed by atoms with Crippen LogP contribution in [0.1, 0.15) is 38.9 Å². The number of anilines is 1. The van der Waals surface area contributed by atoms with Crippen LogP contribution in [0.4, 0.5) is 5.13 Å². The number of rotatable bonds is 5. The molecule has 0 bridgehead atoms. The second-order valence-corrected chi connectivity index (χ2v) is 7.70. The number of carbonyl (C=O) groups is 1. The topological polar surface area (TPSA) is 58.1 Å². The first-order valence-electron chi connectivity index (χ1n) is 7.55. The van der Waals surface area contributed by atoms with Crippen LogP contribution in [0.15, 0.2) is 5.38 Å². The molecule has 5 nitrogen and oxygen atoms in total. The molecule has 0 saturated carbocycles. The normalized spacial score (nSPS) is 14.5. The lowest BCUT2D eigenvalue weighted by molar-refractivity contribution is 0.0949. The Bertz CT molecular complexity index is 658. The third-order valence-corrected chi connectivity index (χ3v) is 5.54. The van der Waals surface area contributed by atoms with Crippen molar-refractivity contribution in [3.63, 3.8) is 0 Å². The highest BCUT2D eigenvalue weighted by Crippen LogP contribution is 2.24. The van der Waals surface area contributed by atoms with Crippen LogP contribution in [0, 0.1) is 13.8 Å². The second kappa shape index (κ2) is 6.75. The summed E-state index contributed by atoms with van der Waals surface area (Å²) in [6.45, 7) is 6.68. The van der Waals surface area contributed by atoms with Gasteiger partial charge < -0.3 is 10.2 Å². The number of hydrogen-bond acceptors (Lipinski definition) is 6. The van der Waals surface area contributed by atoms with Gasteiger partial charge in [-0.1, -0.05) is 0 Å². The average molecular weight is 336 g/mol. The van der Waals surface area contributed by atoms with Crippen LogP contribution in [0.2, 0.25) is 0 Å². The Balaban J connectivity index is 1.50. The van der Waals surface area contributed by atoms with E-state index in [0.717, 1.165) is 40.2 Å². The smallest absolute Gasteiger partial charge is 0.271 e. The molecule has 7 heteroatoms. The van der Waals surface area contributed by atoms with Gasteiger partial charge in [0.05, 0.1) is 10.7 Å². The molecule has 0 spiro atoms. The fraction of sp³-hybridized carbons (Fsp3) is 0.533. The zero-order valence-electron chi connectivity index (χ0n) is 12.9. The quantitative estimate of drug-likeness (QED) is 0.912. The first kappa shape index (κ1) is 15.4. The third kappa shape index (κ3) is 3.47. The van der Waals surface area contributed by atoms with Gasteiger partial charge in [0.2, 0.25) is 0 Å².